The Kier molecular flexibility index (Phi) is 10.2. The van der Waals surface area contributed by atoms with Gasteiger partial charge in [-0.25, -0.2) is 0 Å². The summed E-state index contributed by atoms with van der Waals surface area (Å²) in [7, 11) is 0. The Bertz CT molecular complexity index is 700. The molecule has 1 N–H and O–H groups in total. The quantitative estimate of drug-likeness (QED) is 0.187. The minimum atomic E-state index is -2.26. The Labute approximate surface area is 191 Å². The van der Waals surface area contributed by atoms with Gasteiger partial charge in [-0.15, -0.1) is 0 Å². The third-order valence-corrected chi connectivity index (χ3v) is 5.10. The zero-order chi connectivity index (χ0) is 23.2. The standard InChI is InChI=1S/C16H20Cl3NO9S/c1-6(21)25-5-10-11(26-7(2)22)13(30-9(4)24)12(27-8(3)23)14(28-10)29-15(20)16(17,18)19/h10-14,20H,5H2,1-4H3/t10-,11-,12-,13+,14-/m1/s1. The second-order valence-corrected chi connectivity index (χ2v) is 9.65. The first kappa shape index (κ1) is 26.8. The smallest absolute Gasteiger partial charge is 0.303 e. The molecule has 0 aromatic rings. The molecule has 1 saturated heterocycles. The Morgan fingerprint density at radius 3 is 1.90 bits per heavy atom. The van der Waals surface area contributed by atoms with Gasteiger partial charge in [0.1, 0.15) is 18.8 Å². The van der Waals surface area contributed by atoms with Crippen LogP contribution in [0.5, 0.6) is 0 Å². The van der Waals surface area contributed by atoms with Crippen molar-refractivity contribution in [1.29, 1.82) is 5.41 Å². The van der Waals surface area contributed by atoms with Crippen molar-refractivity contribution in [2.75, 3.05) is 6.61 Å². The van der Waals surface area contributed by atoms with Crippen molar-refractivity contribution < 1.29 is 42.9 Å². The second-order valence-electron chi connectivity index (χ2n) is 6.01. The van der Waals surface area contributed by atoms with E-state index < -0.39 is 69.2 Å². The maximum Gasteiger partial charge on any atom is 0.303 e. The van der Waals surface area contributed by atoms with Gasteiger partial charge >= 0.3 is 17.9 Å². The van der Waals surface area contributed by atoms with Crippen LogP contribution in [-0.4, -0.2) is 69.2 Å². The number of ether oxygens (including phenoxy) is 5. The molecule has 0 unspecified atom stereocenters. The molecule has 0 radical (unpaired) electrons. The van der Waals surface area contributed by atoms with E-state index in [0.29, 0.717) is 11.8 Å². The molecule has 5 atom stereocenters. The van der Waals surface area contributed by atoms with Crippen molar-refractivity contribution in [3.05, 3.63) is 0 Å². The molecule has 0 saturated carbocycles. The molecule has 1 aliphatic rings. The van der Waals surface area contributed by atoms with Crippen LogP contribution in [0.3, 0.4) is 0 Å². The summed E-state index contributed by atoms with van der Waals surface area (Å²) >= 11 is 17.6. The van der Waals surface area contributed by atoms with Crippen LogP contribution in [0.1, 0.15) is 27.7 Å². The summed E-state index contributed by atoms with van der Waals surface area (Å²) in [4.78, 5) is 46.4. The normalized spacial score (nSPS) is 26.3. The number of carbonyl (C=O) groups excluding carboxylic acids is 4. The highest BCUT2D eigenvalue weighted by Crippen LogP contribution is 2.37. The number of hydrogen-bond donors (Lipinski definition) is 1. The third kappa shape index (κ3) is 8.46. The van der Waals surface area contributed by atoms with Crippen LogP contribution in [0, 0.1) is 5.41 Å². The van der Waals surface area contributed by atoms with E-state index in [2.05, 4.69) is 0 Å². The van der Waals surface area contributed by atoms with Gasteiger partial charge in [-0.05, 0) is 0 Å². The summed E-state index contributed by atoms with van der Waals surface area (Å²) in [6.07, 6.45) is -5.21. The molecule has 1 heterocycles. The lowest BCUT2D eigenvalue weighted by molar-refractivity contribution is -0.254. The molecular formula is C16H20Cl3NO9S. The van der Waals surface area contributed by atoms with Gasteiger partial charge in [0.2, 0.25) is 12.2 Å². The molecule has 170 valence electrons. The molecular weight excluding hydrogens is 489 g/mol. The van der Waals surface area contributed by atoms with Crippen LogP contribution in [0.2, 0.25) is 0 Å². The maximum absolute atomic E-state index is 11.8. The first-order chi connectivity index (χ1) is 13.7. The van der Waals surface area contributed by atoms with Gasteiger partial charge in [0.25, 0.3) is 3.79 Å². The van der Waals surface area contributed by atoms with Gasteiger partial charge in [0, 0.05) is 27.7 Å². The van der Waals surface area contributed by atoms with Crippen LogP contribution in [0.15, 0.2) is 0 Å². The van der Waals surface area contributed by atoms with E-state index in [1.165, 1.54) is 6.92 Å². The van der Waals surface area contributed by atoms with E-state index in [1.54, 1.807) is 0 Å². The number of esters is 3. The second kappa shape index (κ2) is 11.4. The number of alkyl halides is 3. The number of rotatable bonds is 6. The lowest BCUT2D eigenvalue weighted by Gasteiger charge is -2.44. The van der Waals surface area contributed by atoms with Crippen molar-refractivity contribution in [1.82, 2.24) is 0 Å². The fourth-order valence-electron chi connectivity index (χ4n) is 2.47. The molecule has 0 aliphatic carbocycles. The summed E-state index contributed by atoms with van der Waals surface area (Å²) in [5.41, 5.74) is 0. The minimum absolute atomic E-state index is 0.393. The average molecular weight is 509 g/mol. The van der Waals surface area contributed by atoms with E-state index in [0.717, 1.165) is 20.8 Å². The molecule has 10 nitrogen and oxygen atoms in total. The molecule has 0 bridgehead atoms. The minimum Gasteiger partial charge on any atom is -0.463 e. The topological polar surface area (TPSA) is 138 Å². The Morgan fingerprint density at radius 2 is 1.47 bits per heavy atom. The highest BCUT2D eigenvalue weighted by atomic mass is 35.6. The predicted octanol–water partition coefficient (Wildman–Crippen LogP) is 2.15. The summed E-state index contributed by atoms with van der Waals surface area (Å²) in [5.74, 6) is -2.99. The van der Waals surface area contributed by atoms with Crippen LogP contribution >= 0.6 is 46.6 Å². The lowest BCUT2D eigenvalue weighted by atomic mass is 10.0. The van der Waals surface area contributed by atoms with Crippen LogP contribution < -0.4 is 0 Å². The van der Waals surface area contributed by atoms with Crippen molar-refractivity contribution in [3.8, 4) is 0 Å². The maximum atomic E-state index is 11.8. The number of hydrogen-bond acceptors (Lipinski definition) is 11. The highest BCUT2D eigenvalue weighted by Gasteiger charge is 2.53. The zero-order valence-corrected chi connectivity index (χ0v) is 19.4. The molecule has 30 heavy (non-hydrogen) atoms. The average Bonchev–Trinajstić information content (AvgIpc) is 2.56. The number of halogens is 3. The lowest BCUT2D eigenvalue weighted by Crippen LogP contribution is -2.61. The van der Waals surface area contributed by atoms with E-state index >= 15 is 0 Å². The number of nitrogens with one attached hydrogen (secondary N) is 1. The number of carbonyl (C=O) groups is 4. The fraction of sp³-hybridized carbons (Fsp3) is 0.688. The van der Waals surface area contributed by atoms with Gasteiger partial charge in [0.05, 0.1) is 5.25 Å². The van der Waals surface area contributed by atoms with Crippen molar-refractivity contribution in [2.45, 2.75) is 61.3 Å². The van der Waals surface area contributed by atoms with Crippen molar-refractivity contribution in [2.24, 2.45) is 0 Å². The SMILES string of the molecule is CC(=O)OC[C@H]1O[C@H](OC(=N)C(Cl)(Cl)Cl)[C@H](OC(C)=O)[C@@H](SC(C)=O)[C@@H]1OC(C)=O. The van der Waals surface area contributed by atoms with Crippen LogP contribution in [-0.2, 0) is 42.9 Å². The number of thioether (sulfide) groups is 1. The Morgan fingerprint density at radius 1 is 0.933 bits per heavy atom. The molecule has 14 heteroatoms. The first-order valence-corrected chi connectivity index (χ1v) is 10.4. The zero-order valence-electron chi connectivity index (χ0n) is 16.3. The molecule has 1 rings (SSSR count). The Hall–Kier alpha value is -1.27. The summed E-state index contributed by atoms with van der Waals surface area (Å²) < 4.78 is 24.1. The third-order valence-electron chi connectivity index (χ3n) is 3.44. The summed E-state index contributed by atoms with van der Waals surface area (Å²) in [6.45, 7) is 4.23. The van der Waals surface area contributed by atoms with Gasteiger partial charge in [0.15, 0.2) is 11.2 Å². The molecule has 1 fully saturated rings. The predicted molar refractivity (Wildman–Crippen MR) is 108 cm³/mol. The van der Waals surface area contributed by atoms with Crippen LogP contribution in [0.4, 0.5) is 0 Å². The van der Waals surface area contributed by atoms with E-state index in [4.69, 9.17) is 63.9 Å². The first-order valence-electron chi connectivity index (χ1n) is 8.35. The summed E-state index contributed by atoms with van der Waals surface area (Å²) in [6, 6.07) is 0. The largest absolute Gasteiger partial charge is 0.463 e. The fourth-order valence-corrected chi connectivity index (χ4v) is 3.67. The van der Waals surface area contributed by atoms with Crippen molar-refractivity contribution >= 4 is 75.5 Å². The van der Waals surface area contributed by atoms with Gasteiger partial charge in [-0.1, -0.05) is 46.6 Å². The van der Waals surface area contributed by atoms with E-state index in [9.17, 15) is 19.2 Å². The highest BCUT2D eigenvalue weighted by molar-refractivity contribution is 8.14. The Balaban J connectivity index is 3.37. The van der Waals surface area contributed by atoms with Gasteiger partial charge in [-0.2, -0.15) is 0 Å². The van der Waals surface area contributed by atoms with Crippen LogP contribution in [0.25, 0.3) is 0 Å². The van der Waals surface area contributed by atoms with Gasteiger partial charge < -0.3 is 23.7 Å². The molecule has 0 spiro atoms. The molecule has 0 aromatic heterocycles. The summed E-state index contributed by atoms with van der Waals surface area (Å²) in [5, 5.41) is 6.32. The van der Waals surface area contributed by atoms with Crippen molar-refractivity contribution in [3.63, 3.8) is 0 Å². The van der Waals surface area contributed by atoms with E-state index in [1.807, 2.05) is 0 Å². The molecule has 0 aromatic carbocycles. The molecule has 1 aliphatic heterocycles. The molecule has 0 amide bonds. The monoisotopic (exact) mass is 507 g/mol. The van der Waals surface area contributed by atoms with E-state index in [-0.39, 0.29) is 0 Å². The van der Waals surface area contributed by atoms with Gasteiger partial charge in [-0.3, -0.25) is 24.6 Å².